The van der Waals surface area contributed by atoms with Gasteiger partial charge in [-0.1, -0.05) is 12.1 Å². The maximum Gasteiger partial charge on any atom is 0.182 e. The number of aromatic nitrogens is 4. The molecular weight excluding hydrogens is 276 g/mol. The fourth-order valence-corrected chi connectivity index (χ4v) is 2.51. The molecule has 6 nitrogen and oxygen atoms in total. The number of fused-ring (bicyclic) bond motifs is 1. The Morgan fingerprint density at radius 1 is 1.23 bits per heavy atom. The average Bonchev–Trinajstić information content (AvgIpc) is 2.92. The van der Waals surface area contributed by atoms with E-state index >= 15 is 0 Å². The van der Waals surface area contributed by atoms with Gasteiger partial charge in [-0.3, -0.25) is 0 Å². The molecule has 2 heterocycles. The third kappa shape index (κ3) is 2.61. The van der Waals surface area contributed by atoms with E-state index in [0.29, 0.717) is 18.1 Å². The van der Waals surface area contributed by atoms with Crippen molar-refractivity contribution in [1.82, 2.24) is 19.5 Å². The third-order valence-electron chi connectivity index (χ3n) is 3.50. The van der Waals surface area contributed by atoms with E-state index in [2.05, 4.69) is 37.8 Å². The number of anilines is 1. The lowest BCUT2D eigenvalue weighted by Gasteiger charge is -2.08. The molecule has 0 aliphatic carbocycles. The SMILES string of the molecule is CCn1c(CCNc2nccnc2C#N)nc2ccccc21. The lowest BCUT2D eigenvalue weighted by Crippen LogP contribution is -2.12. The van der Waals surface area contributed by atoms with Gasteiger partial charge in [0.25, 0.3) is 0 Å². The minimum Gasteiger partial charge on any atom is -0.367 e. The van der Waals surface area contributed by atoms with Crippen LogP contribution in [0.4, 0.5) is 5.82 Å². The molecule has 0 aliphatic heterocycles. The van der Waals surface area contributed by atoms with Crippen molar-refractivity contribution in [3.05, 3.63) is 48.2 Å². The molecule has 3 aromatic rings. The second-order valence-corrected chi connectivity index (χ2v) is 4.80. The summed E-state index contributed by atoms with van der Waals surface area (Å²) in [5.41, 5.74) is 2.47. The van der Waals surface area contributed by atoms with Gasteiger partial charge in [-0.05, 0) is 19.1 Å². The molecule has 0 fully saturated rings. The van der Waals surface area contributed by atoms with Gasteiger partial charge in [0.15, 0.2) is 11.5 Å². The van der Waals surface area contributed by atoms with Gasteiger partial charge in [0.1, 0.15) is 11.9 Å². The van der Waals surface area contributed by atoms with Crippen molar-refractivity contribution in [1.29, 1.82) is 5.26 Å². The normalized spacial score (nSPS) is 10.5. The Balaban J connectivity index is 1.76. The lowest BCUT2D eigenvalue weighted by atomic mass is 10.3. The Morgan fingerprint density at radius 2 is 2.05 bits per heavy atom. The summed E-state index contributed by atoms with van der Waals surface area (Å²) in [6.45, 7) is 3.64. The summed E-state index contributed by atoms with van der Waals surface area (Å²) in [6.07, 6.45) is 3.84. The number of hydrogen-bond acceptors (Lipinski definition) is 5. The van der Waals surface area contributed by atoms with E-state index in [1.165, 1.54) is 6.20 Å². The van der Waals surface area contributed by atoms with E-state index in [1.54, 1.807) is 6.20 Å². The molecule has 2 aromatic heterocycles. The highest BCUT2D eigenvalue weighted by atomic mass is 15.1. The summed E-state index contributed by atoms with van der Waals surface area (Å²) in [4.78, 5) is 12.8. The molecule has 0 bridgehead atoms. The summed E-state index contributed by atoms with van der Waals surface area (Å²) in [5, 5.41) is 12.2. The number of benzene rings is 1. The highest BCUT2D eigenvalue weighted by molar-refractivity contribution is 5.75. The second-order valence-electron chi connectivity index (χ2n) is 4.80. The molecule has 0 saturated heterocycles. The molecule has 0 amide bonds. The number of aryl methyl sites for hydroxylation is 1. The second kappa shape index (κ2) is 6.22. The van der Waals surface area contributed by atoms with Gasteiger partial charge < -0.3 is 9.88 Å². The van der Waals surface area contributed by atoms with E-state index < -0.39 is 0 Å². The molecule has 0 radical (unpaired) electrons. The number of nitriles is 1. The predicted octanol–water partition coefficient (Wildman–Crippen LogP) is 2.37. The fraction of sp³-hybridized carbons (Fsp3) is 0.250. The van der Waals surface area contributed by atoms with E-state index in [0.717, 1.165) is 29.8 Å². The summed E-state index contributed by atoms with van der Waals surface area (Å²) < 4.78 is 2.21. The highest BCUT2D eigenvalue weighted by Crippen LogP contribution is 2.16. The van der Waals surface area contributed by atoms with Crippen LogP contribution in [0.2, 0.25) is 0 Å². The van der Waals surface area contributed by atoms with Crippen LogP contribution in [0, 0.1) is 11.3 Å². The fourth-order valence-electron chi connectivity index (χ4n) is 2.51. The summed E-state index contributed by atoms with van der Waals surface area (Å²) in [6, 6.07) is 10.2. The van der Waals surface area contributed by atoms with E-state index in [-0.39, 0.29) is 0 Å². The predicted molar refractivity (Wildman–Crippen MR) is 84.3 cm³/mol. The van der Waals surface area contributed by atoms with Crippen LogP contribution in [0.3, 0.4) is 0 Å². The molecule has 1 aromatic carbocycles. The lowest BCUT2D eigenvalue weighted by molar-refractivity contribution is 0.716. The van der Waals surface area contributed by atoms with Gasteiger partial charge >= 0.3 is 0 Å². The first kappa shape index (κ1) is 14.0. The first-order valence-electron chi connectivity index (χ1n) is 7.22. The zero-order chi connectivity index (χ0) is 15.4. The van der Waals surface area contributed by atoms with Crippen molar-refractivity contribution in [2.75, 3.05) is 11.9 Å². The smallest absolute Gasteiger partial charge is 0.182 e. The first-order valence-corrected chi connectivity index (χ1v) is 7.22. The summed E-state index contributed by atoms with van der Waals surface area (Å²) in [7, 11) is 0. The molecule has 3 rings (SSSR count). The van der Waals surface area contributed by atoms with Crippen LogP contribution in [0.25, 0.3) is 11.0 Å². The van der Waals surface area contributed by atoms with Crippen LogP contribution in [0.1, 0.15) is 18.4 Å². The molecular formula is C16H16N6. The van der Waals surface area contributed by atoms with Crippen LogP contribution in [-0.4, -0.2) is 26.1 Å². The molecule has 0 saturated carbocycles. The summed E-state index contributed by atoms with van der Waals surface area (Å²) in [5.74, 6) is 1.54. The van der Waals surface area contributed by atoms with Gasteiger partial charge in [-0.2, -0.15) is 5.26 Å². The van der Waals surface area contributed by atoms with Crippen molar-refractivity contribution < 1.29 is 0 Å². The maximum atomic E-state index is 9.00. The highest BCUT2D eigenvalue weighted by Gasteiger charge is 2.09. The maximum absolute atomic E-state index is 9.00. The molecule has 110 valence electrons. The first-order chi connectivity index (χ1) is 10.8. The van der Waals surface area contributed by atoms with Crippen molar-refractivity contribution in [3.63, 3.8) is 0 Å². The zero-order valence-electron chi connectivity index (χ0n) is 12.3. The standard InChI is InChI=1S/C16H16N6/c1-2-22-14-6-4-3-5-12(14)21-15(22)7-8-19-16-13(11-17)18-9-10-20-16/h3-6,9-10H,2,7-8H2,1H3,(H,19,20). The quantitative estimate of drug-likeness (QED) is 0.781. The Bertz CT molecular complexity index is 830. The number of para-hydroxylation sites is 2. The number of nitrogens with zero attached hydrogens (tertiary/aromatic N) is 5. The van der Waals surface area contributed by atoms with Gasteiger partial charge in [0.2, 0.25) is 0 Å². The van der Waals surface area contributed by atoms with Crippen molar-refractivity contribution in [3.8, 4) is 6.07 Å². The molecule has 22 heavy (non-hydrogen) atoms. The van der Waals surface area contributed by atoms with Gasteiger partial charge in [0, 0.05) is 31.9 Å². The molecule has 1 N–H and O–H groups in total. The van der Waals surface area contributed by atoms with Crippen molar-refractivity contribution in [2.45, 2.75) is 19.9 Å². The molecule has 6 heteroatoms. The van der Waals surface area contributed by atoms with E-state index in [1.807, 2.05) is 24.3 Å². The van der Waals surface area contributed by atoms with Crippen LogP contribution in [-0.2, 0) is 13.0 Å². The summed E-state index contributed by atoms with van der Waals surface area (Å²) >= 11 is 0. The van der Waals surface area contributed by atoms with Crippen LogP contribution in [0.15, 0.2) is 36.7 Å². The molecule has 0 spiro atoms. The number of rotatable bonds is 5. The van der Waals surface area contributed by atoms with Gasteiger partial charge in [-0.25, -0.2) is 15.0 Å². The third-order valence-corrected chi connectivity index (χ3v) is 3.50. The van der Waals surface area contributed by atoms with Crippen LogP contribution >= 0.6 is 0 Å². The van der Waals surface area contributed by atoms with Crippen molar-refractivity contribution >= 4 is 16.9 Å². The van der Waals surface area contributed by atoms with E-state index in [4.69, 9.17) is 5.26 Å². The van der Waals surface area contributed by atoms with Gasteiger partial charge in [-0.15, -0.1) is 0 Å². The minimum absolute atomic E-state index is 0.312. The monoisotopic (exact) mass is 292 g/mol. The number of imidazole rings is 1. The van der Waals surface area contributed by atoms with Crippen molar-refractivity contribution in [2.24, 2.45) is 0 Å². The van der Waals surface area contributed by atoms with Gasteiger partial charge in [0.05, 0.1) is 11.0 Å². The van der Waals surface area contributed by atoms with Crippen LogP contribution < -0.4 is 5.32 Å². The number of nitrogens with one attached hydrogen (secondary N) is 1. The number of hydrogen-bond donors (Lipinski definition) is 1. The zero-order valence-corrected chi connectivity index (χ0v) is 12.3. The Labute approximate surface area is 128 Å². The Hall–Kier alpha value is -2.94. The topological polar surface area (TPSA) is 79.4 Å². The molecule has 0 aliphatic rings. The molecule has 0 unspecified atom stereocenters. The molecule has 0 atom stereocenters. The largest absolute Gasteiger partial charge is 0.367 e. The average molecular weight is 292 g/mol. The van der Waals surface area contributed by atoms with E-state index in [9.17, 15) is 0 Å². The van der Waals surface area contributed by atoms with Crippen LogP contribution in [0.5, 0.6) is 0 Å². The Morgan fingerprint density at radius 3 is 2.86 bits per heavy atom. The Kier molecular flexibility index (Phi) is 3.97. The minimum atomic E-state index is 0.312.